The third kappa shape index (κ3) is 3.62. The summed E-state index contributed by atoms with van der Waals surface area (Å²) in [4.78, 5) is 1.26. The van der Waals surface area contributed by atoms with Crippen molar-refractivity contribution in [2.45, 2.75) is 39.2 Å². The summed E-state index contributed by atoms with van der Waals surface area (Å²) in [6.07, 6.45) is 5.03. The summed E-state index contributed by atoms with van der Waals surface area (Å²) in [7, 11) is 1.99. The van der Waals surface area contributed by atoms with Crippen LogP contribution in [0.25, 0.3) is 0 Å². The molecule has 0 aromatic carbocycles. The van der Waals surface area contributed by atoms with Gasteiger partial charge in [-0.2, -0.15) is 5.10 Å². The van der Waals surface area contributed by atoms with Gasteiger partial charge < -0.3 is 5.32 Å². The van der Waals surface area contributed by atoms with Gasteiger partial charge in [-0.3, -0.25) is 4.68 Å². The maximum Gasteiger partial charge on any atom is 0.0590 e. The zero-order valence-corrected chi connectivity index (χ0v) is 13.9. The molecule has 0 aliphatic carbocycles. The van der Waals surface area contributed by atoms with Crippen molar-refractivity contribution in [2.75, 3.05) is 6.54 Å². The fourth-order valence-corrected chi connectivity index (χ4v) is 3.70. The second-order valence-electron chi connectivity index (χ2n) is 5.09. The average Bonchev–Trinajstić information content (AvgIpc) is 2.99. The summed E-state index contributed by atoms with van der Waals surface area (Å²) in [6.45, 7) is 5.27. The first-order valence-electron chi connectivity index (χ1n) is 7.07. The molecule has 1 unspecified atom stereocenters. The summed E-state index contributed by atoms with van der Waals surface area (Å²) < 4.78 is 1.94. The van der Waals surface area contributed by atoms with Gasteiger partial charge in [0.15, 0.2) is 0 Å². The lowest BCUT2D eigenvalue weighted by Gasteiger charge is -2.18. The number of hydrogen-bond acceptors (Lipinski definition) is 3. The lowest BCUT2D eigenvalue weighted by Crippen LogP contribution is -2.22. The Morgan fingerprint density at radius 2 is 2.30 bits per heavy atom. The smallest absolute Gasteiger partial charge is 0.0590 e. The Bertz CT molecular complexity index is 547. The Morgan fingerprint density at radius 3 is 2.85 bits per heavy atom. The van der Waals surface area contributed by atoms with Crippen LogP contribution in [0.4, 0.5) is 0 Å². The van der Waals surface area contributed by atoms with E-state index in [4.69, 9.17) is 11.6 Å². The van der Waals surface area contributed by atoms with Crippen molar-refractivity contribution in [3.63, 3.8) is 0 Å². The number of rotatable bonds is 7. The molecule has 0 aliphatic rings. The van der Waals surface area contributed by atoms with Gasteiger partial charge in [0.1, 0.15) is 0 Å². The van der Waals surface area contributed by atoms with Gasteiger partial charge in [0.05, 0.1) is 5.02 Å². The van der Waals surface area contributed by atoms with Crippen molar-refractivity contribution in [1.82, 2.24) is 15.1 Å². The third-order valence-corrected chi connectivity index (χ3v) is 5.32. The summed E-state index contributed by atoms with van der Waals surface area (Å²) in [5, 5.41) is 10.9. The van der Waals surface area contributed by atoms with E-state index in [1.54, 1.807) is 11.3 Å². The lowest BCUT2D eigenvalue weighted by molar-refractivity contribution is 0.498. The molecule has 1 N–H and O–H groups in total. The van der Waals surface area contributed by atoms with E-state index >= 15 is 0 Å². The number of aryl methyl sites for hydroxylation is 3. The lowest BCUT2D eigenvalue weighted by atomic mass is 10.1. The molecule has 0 radical (unpaired) electrons. The summed E-state index contributed by atoms with van der Waals surface area (Å²) in [5.41, 5.74) is 2.44. The molecule has 0 spiro atoms. The standard InChI is InChI=1S/C15H22ClN3S/c1-4-8-17-13(15-14(16)11(2)10-20-15)6-5-12-7-9-18-19(12)3/h7,9-10,13,17H,4-6,8H2,1-3H3. The molecule has 3 nitrogen and oxygen atoms in total. The molecular formula is C15H22ClN3S. The Labute approximate surface area is 130 Å². The maximum atomic E-state index is 6.43. The fourth-order valence-electron chi connectivity index (χ4n) is 2.27. The van der Waals surface area contributed by atoms with E-state index in [1.807, 2.05) is 17.9 Å². The summed E-state index contributed by atoms with van der Waals surface area (Å²) >= 11 is 8.19. The Morgan fingerprint density at radius 1 is 1.50 bits per heavy atom. The van der Waals surface area contributed by atoms with Crippen molar-refractivity contribution in [2.24, 2.45) is 7.05 Å². The molecule has 0 aliphatic heterocycles. The highest BCUT2D eigenvalue weighted by molar-refractivity contribution is 7.10. The first kappa shape index (κ1) is 15.5. The van der Waals surface area contributed by atoms with Crippen LogP contribution in [0.5, 0.6) is 0 Å². The SMILES string of the molecule is CCCNC(CCc1ccnn1C)c1scc(C)c1Cl. The molecule has 2 heterocycles. The van der Waals surface area contributed by atoms with Crippen LogP contribution in [0.1, 0.15) is 41.9 Å². The minimum Gasteiger partial charge on any atom is -0.309 e. The van der Waals surface area contributed by atoms with Crippen LogP contribution < -0.4 is 5.32 Å². The highest BCUT2D eigenvalue weighted by Gasteiger charge is 2.18. The summed E-state index contributed by atoms with van der Waals surface area (Å²) in [6, 6.07) is 2.41. The van der Waals surface area contributed by atoms with E-state index in [0.29, 0.717) is 6.04 Å². The molecule has 0 saturated carbocycles. The summed E-state index contributed by atoms with van der Waals surface area (Å²) in [5.74, 6) is 0. The van der Waals surface area contributed by atoms with Crippen LogP contribution in [0.3, 0.4) is 0 Å². The molecule has 2 aromatic heterocycles. The Balaban J connectivity index is 2.07. The van der Waals surface area contributed by atoms with E-state index in [2.05, 4.69) is 35.7 Å². The number of hydrogen-bond donors (Lipinski definition) is 1. The van der Waals surface area contributed by atoms with Crippen LogP contribution in [0.15, 0.2) is 17.6 Å². The highest BCUT2D eigenvalue weighted by atomic mass is 35.5. The van der Waals surface area contributed by atoms with Crippen LogP contribution in [-0.2, 0) is 13.5 Å². The van der Waals surface area contributed by atoms with Gasteiger partial charge in [-0.25, -0.2) is 0 Å². The number of nitrogens with zero attached hydrogens (tertiary/aromatic N) is 2. The van der Waals surface area contributed by atoms with E-state index in [9.17, 15) is 0 Å². The first-order valence-corrected chi connectivity index (χ1v) is 8.33. The number of aromatic nitrogens is 2. The van der Waals surface area contributed by atoms with Crippen molar-refractivity contribution in [1.29, 1.82) is 0 Å². The van der Waals surface area contributed by atoms with Gasteiger partial charge >= 0.3 is 0 Å². The average molecular weight is 312 g/mol. The topological polar surface area (TPSA) is 29.9 Å². The molecule has 2 aromatic rings. The van der Waals surface area contributed by atoms with Crippen LogP contribution in [0, 0.1) is 6.92 Å². The molecule has 0 saturated heterocycles. The Hall–Kier alpha value is -0.840. The first-order chi connectivity index (χ1) is 9.63. The van der Waals surface area contributed by atoms with Gasteiger partial charge in [0.2, 0.25) is 0 Å². The monoisotopic (exact) mass is 311 g/mol. The van der Waals surface area contributed by atoms with E-state index in [1.165, 1.54) is 16.1 Å². The zero-order chi connectivity index (χ0) is 14.5. The van der Waals surface area contributed by atoms with E-state index < -0.39 is 0 Å². The maximum absolute atomic E-state index is 6.43. The number of thiophene rings is 1. The molecule has 0 fully saturated rings. The largest absolute Gasteiger partial charge is 0.309 e. The van der Waals surface area contributed by atoms with Crippen molar-refractivity contribution in [3.05, 3.63) is 38.8 Å². The molecule has 0 amide bonds. The van der Waals surface area contributed by atoms with Crippen molar-refractivity contribution < 1.29 is 0 Å². The fraction of sp³-hybridized carbons (Fsp3) is 0.533. The minimum absolute atomic E-state index is 0.330. The van der Waals surface area contributed by atoms with Crippen LogP contribution in [-0.4, -0.2) is 16.3 Å². The zero-order valence-electron chi connectivity index (χ0n) is 12.3. The van der Waals surface area contributed by atoms with Crippen LogP contribution in [0.2, 0.25) is 5.02 Å². The second kappa shape index (κ2) is 7.25. The molecule has 20 heavy (non-hydrogen) atoms. The second-order valence-corrected chi connectivity index (χ2v) is 6.38. The predicted molar refractivity (Wildman–Crippen MR) is 86.6 cm³/mol. The molecule has 5 heteroatoms. The molecular weight excluding hydrogens is 290 g/mol. The molecule has 0 bridgehead atoms. The number of nitrogens with one attached hydrogen (secondary N) is 1. The number of halogens is 1. The Kier molecular flexibility index (Phi) is 5.64. The van der Waals surface area contributed by atoms with E-state index in [-0.39, 0.29) is 0 Å². The molecule has 1 atom stereocenters. The molecule has 110 valence electrons. The molecule has 2 rings (SSSR count). The quantitative estimate of drug-likeness (QED) is 0.833. The normalized spacial score (nSPS) is 12.8. The van der Waals surface area contributed by atoms with Gasteiger partial charge in [-0.15, -0.1) is 11.3 Å². The van der Waals surface area contributed by atoms with Crippen molar-refractivity contribution in [3.8, 4) is 0 Å². The van der Waals surface area contributed by atoms with Crippen molar-refractivity contribution >= 4 is 22.9 Å². The van der Waals surface area contributed by atoms with Gasteiger partial charge in [-0.1, -0.05) is 18.5 Å². The van der Waals surface area contributed by atoms with Gasteiger partial charge in [0.25, 0.3) is 0 Å². The van der Waals surface area contributed by atoms with Gasteiger partial charge in [-0.05, 0) is 49.7 Å². The van der Waals surface area contributed by atoms with Crippen LogP contribution >= 0.6 is 22.9 Å². The van der Waals surface area contributed by atoms with Gasteiger partial charge in [0, 0.05) is 29.9 Å². The third-order valence-electron chi connectivity index (χ3n) is 3.49. The predicted octanol–water partition coefficient (Wildman–Crippen LogP) is 4.12. The highest BCUT2D eigenvalue weighted by Crippen LogP contribution is 2.34. The minimum atomic E-state index is 0.330. The van der Waals surface area contributed by atoms with E-state index in [0.717, 1.165) is 30.8 Å².